The molecule has 0 fully saturated rings. The molecule has 7 heteroatoms. The van der Waals surface area contributed by atoms with E-state index in [0.717, 1.165) is 16.9 Å². The summed E-state index contributed by atoms with van der Waals surface area (Å²) >= 11 is 0. The molecule has 0 unspecified atom stereocenters. The minimum absolute atomic E-state index is 0.0105. The van der Waals surface area contributed by atoms with Gasteiger partial charge in [0, 0.05) is 25.7 Å². The molecule has 0 aliphatic heterocycles. The molecule has 0 amide bonds. The Balaban J connectivity index is 1.91. The average Bonchev–Trinajstić information content (AvgIpc) is 2.70. The van der Waals surface area contributed by atoms with Crippen LogP contribution in [0.4, 0.5) is 0 Å². The first-order chi connectivity index (χ1) is 13.7. The Morgan fingerprint density at radius 3 is 2.28 bits per heavy atom. The van der Waals surface area contributed by atoms with Crippen molar-refractivity contribution in [3.8, 4) is 5.75 Å². The molecule has 0 aromatic heterocycles. The van der Waals surface area contributed by atoms with Crippen molar-refractivity contribution in [2.45, 2.75) is 37.6 Å². The first kappa shape index (κ1) is 22.7. The molecule has 0 heterocycles. The number of nitrogens with zero attached hydrogens (tertiary/aromatic N) is 1. The SMILES string of the molecule is CN=C(NCCS(=O)(=O)c1ccc(C(C)(C)C)cc1)NCc1ccccc1OC. The highest BCUT2D eigenvalue weighted by molar-refractivity contribution is 7.91. The molecule has 0 radical (unpaired) electrons. The summed E-state index contributed by atoms with van der Waals surface area (Å²) in [6.45, 7) is 7.08. The fourth-order valence-electron chi connectivity index (χ4n) is 2.83. The molecule has 158 valence electrons. The number of methoxy groups -OCH3 is 1. The molecule has 0 bridgehead atoms. The van der Waals surface area contributed by atoms with E-state index in [9.17, 15) is 8.42 Å². The second-order valence-corrected chi connectivity index (χ2v) is 9.87. The van der Waals surface area contributed by atoms with Crippen LogP contribution in [0.2, 0.25) is 0 Å². The number of sulfone groups is 1. The number of guanidine groups is 1. The lowest BCUT2D eigenvalue weighted by Crippen LogP contribution is -2.39. The molecular formula is C22H31N3O3S. The van der Waals surface area contributed by atoms with E-state index >= 15 is 0 Å². The number of aliphatic imine (C=N–C) groups is 1. The van der Waals surface area contributed by atoms with Crippen LogP contribution in [-0.2, 0) is 21.8 Å². The van der Waals surface area contributed by atoms with Crippen molar-refractivity contribution in [2.24, 2.45) is 4.99 Å². The maximum absolute atomic E-state index is 12.6. The van der Waals surface area contributed by atoms with Gasteiger partial charge in [0.25, 0.3) is 0 Å². The van der Waals surface area contributed by atoms with Gasteiger partial charge >= 0.3 is 0 Å². The zero-order valence-corrected chi connectivity index (χ0v) is 18.6. The average molecular weight is 418 g/mol. The molecule has 2 aromatic rings. The molecule has 0 aliphatic rings. The van der Waals surface area contributed by atoms with E-state index in [4.69, 9.17) is 4.74 Å². The molecule has 2 N–H and O–H groups in total. The molecule has 0 spiro atoms. The zero-order valence-electron chi connectivity index (χ0n) is 17.8. The van der Waals surface area contributed by atoms with Crippen molar-refractivity contribution in [1.29, 1.82) is 0 Å². The van der Waals surface area contributed by atoms with Crippen molar-refractivity contribution in [3.63, 3.8) is 0 Å². The Bertz CT molecular complexity index is 931. The molecule has 0 saturated carbocycles. The van der Waals surface area contributed by atoms with Crippen LogP contribution in [0.5, 0.6) is 5.75 Å². The first-order valence-electron chi connectivity index (χ1n) is 9.57. The van der Waals surface area contributed by atoms with Crippen LogP contribution in [0.15, 0.2) is 58.4 Å². The van der Waals surface area contributed by atoms with Crippen LogP contribution in [0.1, 0.15) is 31.9 Å². The van der Waals surface area contributed by atoms with Gasteiger partial charge in [0.1, 0.15) is 5.75 Å². The fourth-order valence-corrected chi connectivity index (χ4v) is 3.99. The summed E-state index contributed by atoms with van der Waals surface area (Å²) in [4.78, 5) is 4.49. The van der Waals surface area contributed by atoms with Gasteiger partial charge in [-0.15, -0.1) is 0 Å². The number of hydrogen-bond donors (Lipinski definition) is 2. The molecule has 0 aliphatic carbocycles. The summed E-state index contributed by atoms with van der Waals surface area (Å²) in [5, 5.41) is 6.23. The van der Waals surface area contributed by atoms with Gasteiger partial charge in [0.05, 0.1) is 17.8 Å². The van der Waals surface area contributed by atoms with E-state index in [-0.39, 0.29) is 17.7 Å². The van der Waals surface area contributed by atoms with E-state index in [1.807, 2.05) is 36.4 Å². The summed E-state index contributed by atoms with van der Waals surface area (Å²) in [5.74, 6) is 1.31. The van der Waals surface area contributed by atoms with Gasteiger partial charge in [0.2, 0.25) is 0 Å². The standard InChI is InChI=1S/C22H31N3O3S/c1-22(2,3)18-10-12-19(13-11-18)29(26,27)15-14-24-21(23-4)25-16-17-8-6-7-9-20(17)28-5/h6-13H,14-16H2,1-5H3,(H2,23,24,25). The van der Waals surface area contributed by atoms with E-state index in [1.54, 1.807) is 26.3 Å². The van der Waals surface area contributed by atoms with Crippen LogP contribution >= 0.6 is 0 Å². The lowest BCUT2D eigenvalue weighted by molar-refractivity contribution is 0.409. The van der Waals surface area contributed by atoms with Crippen LogP contribution in [0.25, 0.3) is 0 Å². The molecule has 0 atom stereocenters. The third-order valence-corrected chi connectivity index (χ3v) is 6.34. The van der Waals surface area contributed by atoms with Crippen molar-refractivity contribution >= 4 is 15.8 Å². The Kier molecular flexibility index (Phi) is 7.67. The second-order valence-electron chi connectivity index (χ2n) is 7.76. The highest BCUT2D eigenvalue weighted by Crippen LogP contribution is 2.23. The first-order valence-corrected chi connectivity index (χ1v) is 11.2. The highest BCUT2D eigenvalue weighted by Gasteiger charge is 2.17. The number of nitrogens with one attached hydrogen (secondary N) is 2. The largest absolute Gasteiger partial charge is 0.496 e. The maximum Gasteiger partial charge on any atom is 0.191 e. The predicted octanol–water partition coefficient (Wildman–Crippen LogP) is 3.13. The number of para-hydroxylation sites is 1. The van der Waals surface area contributed by atoms with Crippen molar-refractivity contribution in [3.05, 3.63) is 59.7 Å². The highest BCUT2D eigenvalue weighted by atomic mass is 32.2. The normalized spacial score (nSPS) is 12.5. The van der Waals surface area contributed by atoms with Gasteiger partial charge in [-0.25, -0.2) is 8.42 Å². The quantitative estimate of drug-likeness (QED) is 0.534. The lowest BCUT2D eigenvalue weighted by atomic mass is 9.87. The summed E-state index contributed by atoms with van der Waals surface area (Å²) in [6, 6.07) is 14.8. The van der Waals surface area contributed by atoms with Gasteiger partial charge in [-0.05, 0) is 29.2 Å². The van der Waals surface area contributed by atoms with Crippen molar-refractivity contribution < 1.29 is 13.2 Å². The van der Waals surface area contributed by atoms with E-state index < -0.39 is 9.84 Å². The van der Waals surface area contributed by atoms with Crippen LogP contribution in [0, 0.1) is 0 Å². The van der Waals surface area contributed by atoms with E-state index in [0.29, 0.717) is 17.4 Å². The summed E-state index contributed by atoms with van der Waals surface area (Å²) < 4.78 is 30.6. The van der Waals surface area contributed by atoms with E-state index in [1.165, 1.54) is 0 Å². The Morgan fingerprint density at radius 1 is 1.03 bits per heavy atom. The number of rotatable bonds is 7. The fraction of sp³-hybridized carbons (Fsp3) is 0.409. The van der Waals surface area contributed by atoms with Gasteiger partial charge in [-0.2, -0.15) is 0 Å². The molecule has 2 aromatic carbocycles. The summed E-state index contributed by atoms with van der Waals surface area (Å²) in [5.41, 5.74) is 2.09. The smallest absolute Gasteiger partial charge is 0.191 e. The van der Waals surface area contributed by atoms with Gasteiger partial charge in [-0.3, -0.25) is 4.99 Å². The second kappa shape index (κ2) is 9.78. The third-order valence-electron chi connectivity index (χ3n) is 4.61. The molecule has 2 rings (SSSR count). The van der Waals surface area contributed by atoms with Crippen molar-refractivity contribution in [1.82, 2.24) is 10.6 Å². The Labute approximate surface area is 174 Å². The number of benzene rings is 2. The third kappa shape index (κ3) is 6.49. The van der Waals surface area contributed by atoms with Gasteiger partial charge in [0.15, 0.2) is 15.8 Å². The van der Waals surface area contributed by atoms with E-state index in [2.05, 4.69) is 36.4 Å². The lowest BCUT2D eigenvalue weighted by Gasteiger charge is -2.19. The van der Waals surface area contributed by atoms with Gasteiger partial charge in [-0.1, -0.05) is 51.1 Å². The van der Waals surface area contributed by atoms with Gasteiger partial charge < -0.3 is 15.4 Å². The molecular weight excluding hydrogens is 386 g/mol. The molecule has 0 saturated heterocycles. The monoisotopic (exact) mass is 417 g/mol. The Morgan fingerprint density at radius 2 is 1.69 bits per heavy atom. The predicted molar refractivity (Wildman–Crippen MR) is 118 cm³/mol. The maximum atomic E-state index is 12.6. The topological polar surface area (TPSA) is 79.8 Å². The minimum atomic E-state index is -3.37. The number of hydrogen-bond acceptors (Lipinski definition) is 4. The molecule has 6 nitrogen and oxygen atoms in total. The van der Waals surface area contributed by atoms with Crippen LogP contribution < -0.4 is 15.4 Å². The minimum Gasteiger partial charge on any atom is -0.496 e. The van der Waals surface area contributed by atoms with Crippen molar-refractivity contribution in [2.75, 3.05) is 26.5 Å². The summed E-state index contributed by atoms with van der Waals surface area (Å²) in [6.07, 6.45) is 0. The van der Waals surface area contributed by atoms with Crippen LogP contribution in [0.3, 0.4) is 0 Å². The number of ether oxygens (including phenoxy) is 1. The van der Waals surface area contributed by atoms with Crippen LogP contribution in [-0.4, -0.2) is 40.8 Å². The zero-order chi connectivity index (χ0) is 21.5. The molecule has 29 heavy (non-hydrogen) atoms. The summed E-state index contributed by atoms with van der Waals surface area (Å²) in [7, 11) is -0.0896. The Hall–Kier alpha value is -2.54.